The summed E-state index contributed by atoms with van der Waals surface area (Å²) in [6.07, 6.45) is 2.96. The molecule has 5 rings (SSSR count). The Morgan fingerprint density at radius 3 is 2.33 bits per heavy atom. The number of unbranched alkanes of at least 4 members (excludes halogenated alkanes) is 1. The minimum atomic E-state index is -3.08. The van der Waals surface area contributed by atoms with Gasteiger partial charge < -0.3 is 15.5 Å². The number of nitrogens with one attached hydrogen (secondary N) is 2. The van der Waals surface area contributed by atoms with Crippen molar-refractivity contribution >= 4 is 32.7 Å². The Hall–Kier alpha value is -2.86. The molecule has 1 fully saturated rings. The number of halogens is 3. The lowest BCUT2D eigenvalue weighted by Gasteiger charge is -2.31. The molecule has 40 heavy (non-hydrogen) atoms. The topological polar surface area (TPSA) is 61.4 Å². The van der Waals surface area contributed by atoms with E-state index in [0.29, 0.717) is 17.0 Å². The first kappa shape index (κ1) is 28.7. The molecule has 1 heterocycles. The molecule has 1 saturated heterocycles. The third-order valence-electron chi connectivity index (χ3n) is 7.91. The normalized spacial score (nSPS) is 17.8. The molecule has 2 aliphatic rings. The van der Waals surface area contributed by atoms with E-state index in [-0.39, 0.29) is 11.9 Å². The summed E-state index contributed by atoms with van der Waals surface area (Å²) in [6.45, 7) is 1.72. The molecular formula is C31H33ClF2N3O2P. The maximum absolute atomic E-state index is 13.8. The van der Waals surface area contributed by atoms with E-state index in [9.17, 15) is 18.4 Å². The second-order valence-electron chi connectivity index (χ2n) is 10.7. The first-order chi connectivity index (χ1) is 19.2. The number of nitrogens with zero attached hydrogens (tertiary/aromatic N) is 1. The average molecular weight is 584 g/mol. The van der Waals surface area contributed by atoms with E-state index in [1.54, 1.807) is 24.3 Å². The molecule has 0 saturated carbocycles. The molecule has 210 valence electrons. The van der Waals surface area contributed by atoms with Gasteiger partial charge >= 0.3 is 0 Å². The molecule has 3 aromatic carbocycles. The van der Waals surface area contributed by atoms with Crippen molar-refractivity contribution in [2.75, 3.05) is 26.2 Å². The van der Waals surface area contributed by atoms with Crippen LogP contribution in [0.3, 0.4) is 0 Å². The lowest BCUT2D eigenvalue weighted by atomic mass is 9.73. The quantitative estimate of drug-likeness (QED) is 0.232. The van der Waals surface area contributed by atoms with Crippen molar-refractivity contribution in [3.63, 3.8) is 0 Å². The van der Waals surface area contributed by atoms with Crippen molar-refractivity contribution in [2.45, 2.75) is 42.8 Å². The van der Waals surface area contributed by atoms with Crippen LogP contribution in [0.2, 0.25) is 5.02 Å². The van der Waals surface area contributed by atoms with Crippen LogP contribution >= 0.6 is 20.8 Å². The summed E-state index contributed by atoms with van der Waals surface area (Å²) in [5.74, 6) is -0.520. The molecule has 9 heteroatoms. The van der Waals surface area contributed by atoms with Gasteiger partial charge in [-0.3, -0.25) is 9.59 Å². The SMILES string of the molecule is O=C(NC1CCN(CCCCC2(C(=O)NCC(F)(F)P)c3ccccc3-c3ccccc32)C1)c1cccc(Cl)c1. The number of benzene rings is 3. The van der Waals surface area contributed by atoms with Crippen LogP contribution in [0, 0.1) is 0 Å². The van der Waals surface area contributed by atoms with Crippen LogP contribution in [-0.2, 0) is 10.2 Å². The van der Waals surface area contributed by atoms with Gasteiger partial charge in [-0.05, 0) is 66.3 Å². The molecule has 1 aliphatic heterocycles. The van der Waals surface area contributed by atoms with Crippen LogP contribution < -0.4 is 10.6 Å². The van der Waals surface area contributed by atoms with Gasteiger partial charge in [0.1, 0.15) is 5.41 Å². The molecule has 0 radical (unpaired) electrons. The highest BCUT2D eigenvalue weighted by Crippen LogP contribution is 2.51. The standard InChI is InChI=1S/C31H33ClF2N3O2P/c32-22-9-7-8-21(18-22)28(38)36-23-14-17-37(19-23)16-6-5-15-30(29(39)35-20-31(33,34)40)26-12-3-1-10-24(26)25-11-2-4-13-27(25)30/h1-4,7-13,18,23H,5-6,14-17,19-20,40H2,(H,35,39)(H,36,38). The summed E-state index contributed by atoms with van der Waals surface area (Å²) in [5, 5.41) is 6.17. The molecule has 1 aliphatic carbocycles. The van der Waals surface area contributed by atoms with Gasteiger partial charge in [0.05, 0.1) is 6.54 Å². The fourth-order valence-electron chi connectivity index (χ4n) is 6.08. The fraction of sp³-hybridized carbons (Fsp3) is 0.355. The van der Waals surface area contributed by atoms with Gasteiger partial charge in [0, 0.05) is 29.7 Å². The van der Waals surface area contributed by atoms with Crippen LogP contribution in [0.25, 0.3) is 11.1 Å². The summed E-state index contributed by atoms with van der Waals surface area (Å²) >= 11 is 6.02. The van der Waals surface area contributed by atoms with Gasteiger partial charge in [0.2, 0.25) is 5.91 Å². The maximum Gasteiger partial charge on any atom is 0.275 e. The van der Waals surface area contributed by atoms with Gasteiger partial charge in [-0.1, -0.05) is 81.9 Å². The van der Waals surface area contributed by atoms with E-state index in [1.807, 2.05) is 48.5 Å². The van der Waals surface area contributed by atoms with Gasteiger partial charge in [-0.2, -0.15) is 0 Å². The van der Waals surface area contributed by atoms with Crippen molar-refractivity contribution < 1.29 is 18.4 Å². The van der Waals surface area contributed by atoms with Crippen molar-refractivity contribution in [3.8, 4) is 11.1 Å². The first-order valence-electron chi connectivity index (χ1n) is 13.6. The second kappa shape index (κ2) is 11.9. The Kier molecular flexibility index (Phi) is 8.55. The highest BCUT2D eigenvalue weighted by Gasteiger charge is 2.48. The highest BCUT2D eigenvalue weighted by molar-refractivity contribution is 7.18. The van der Waals surface area contributed by atoms with Crippen molar-refractivity contribution in [1.29, 1.82) is 0 Å². The fourth-order valence-corrected chi connectivity index (χ4v) is 6.37. The summed E-state index contributed by atoms with van der Waals surface area (Å²) in [7, 11) is 1.50. The van der Waals surface area contributed by atoms with Gasteiger partial charge in [0.25, 0.3) is 11.6 Å². The molecule has 3 aromatic rings. The van der Waals surface area contributed by atoms with Crippen molar-refractivity contribution in [2.24, 2.45) is 0 Å². The third kappa shape index (κ3) is 6.07. The van der Waals surface area contributed by atoms with E-state index in [0.717, 1.165) is 61.2 Å². The molecule has 0 spiro atoms. The van der Waals surface area contributed by atoms with Crippen LogP contribution in [0.4, 0.5) is 8.78 Å². The molecular weight excluding hydrogens is 551 g/mol. The molecule has 0 aromatic heterocycles. The monoisotopic (exact) mass is 583 g/mol. The number of likely N-dealkylation sites (tertiary alicyclic amines) is 1. The van der Waals surface area contributed by atoms with Gasteiger partial charge in [0.15, 0.2) is 0 Å². The van der Waals surface area contributed by atoms with E-state index in [4.69, 9.17) is 11.6 Å². The number of rotatable bonds is 10. The van der Waals surface area contributed by atoms with Crippen molar-refractivity contribution in [1.82, 2.24) is 15.5 Å². The number of amides is 2. The lowest BCUT2D eigenvalue weighted by molar-refractivity contribution is -0.126. The maximum atomic E-state index is 13.8. The largest absolute Gasteiger partial charge is 0.349 e. The van der Waals surface area contributed by atoms with Crippen LogP contribution in [-0.4, -0.2) is 54.6 Å². The Bertz CT molecular complexity index is 1350. The van der Waals surface area contributed by atoms with E-state index in [2.05, 4.69) is 15.5 Å². The smallest absolute Gasteiger partial charge is 0.275 e. The molecule has 2 amide bonds. The number of hydrogen-bond acceptors (Lipinski definition) is 3. The van der Waals surface area contributed by atoms with E-state index in [1.165, 1.54) is 9.24 Å². The van der Waals surface area contributed by atoms with Crippen LogP contribution in [0.15, 0.2) is 72.8 Å². The Morgan fingerprint density at radius 2 is 1.68 bits per heavy atom. The zero-order chi connectivity index (χ0) is 28.3. The molecule has 5 nitrogen and oxygen atoms in total. The Labute approximate surface area is 240 Å². The number of hydrogen-bond donors (Lipinski definition) is 2. The number of carbonyl (C=O) groups is 2. The van der Waals surface area contributed by atoms with Gasteiger partial charge in [-0.15, -0.1) is 0 Å². The van der Waals surface area contributed by atoms with Crippen molar-refractivity contribution in [3.05, 3.63) is 94.5 Å². The number of carbonyl (C=O) groups excluding carboxylic acids is 2. The third-order valence-corrected chi connectivity index (χ3v) is 8.35. The van der Waals surface area contributed by atoms with Crippen LogP contribution in [0.5, 0.6) is 0 Å². The zero-order valence-corrected chi connectivity index (χ0v) is 24.0. The molecule has 2 unspecified atom stereocenters. The van der Waals surface area contributed by atoms with Gasteiger partial charge in [-0.25, -0.2) is 8.78 Å². The minimum absolute atomic E-state index is 0.0609. The Morgan fingerprint density at radius 1 is 1.00 bits per heavy atom. The molecule has 0 bridgehead atoms. The molecule has 2 atom stereocenters. The number of alkyl halides is 2. The van der Waals surface area contributed by atoms with E-state index < -0.39 is 23.5 Å². The first-order valence-corrected chi connectivity index (χ1v) is 14.6. The average Bonchev–Trinajstić information content (AvgIpc) is 3.50. The predicted octanol–water partition coefficient (Wildman–Crippen LogP) is 5.87. The minimum Gasteiger partial charge on any atom is -0.349 e. The predicted molar refractivity (Wildman–Crippen MR) is 158 cm³/mol. The highest BCUT2D eigenvalue weighted by atomic mass is 35.5. The summed E-state index contributed by atoms with van der Waals surface area (Å²) in [5.41, 5.74) is 0.125. The summed E-state index contributed by atoms with van der Waals surface area (Å²) in [4.78, 5) is 28.7. The zero-order valence-electron chi connectivity index (χ0n) is 22.1. The summed E-state index contributed by atoms with van der Waals surface area (Å²) < 4.78 is 27.4. The van der Waals surface area contributed by atoms with E-state index >= 15 is 0 Å². The molecule has 2 N–H and O–H groups in total. The Balaban J connectivity index is 1.24. The second-order valence-corrected chi connectivity index (χ2v) is 11.9. The van der Waals surface area contributed by atoms with Crippen LogP contribution in [0.1, 0.15) is 47.2 Å². The summed E-state index contributed by atoms with van der Waals surface area (Å²) in [6, 6.07) is 22.5. The lowest BCUT2D eigenvalue weighted by Crippen LogP contribution is -2.47. The number of fused-ring (bicyclic) bond motifs is 3.